The Balaban J connectivity index is 2.25. The Morgan fingerprint density at radius 1 is 1.40 bits per heavy atom. The van der Waals surface area contributed by atoms with Gasteiger partial charge in [-0.25, -0.2) is 4.39 Å². The van der Waals surface area contributed by atoms with Crippen LogP contribution in [-0.2, 0) is 4.74 Å². The van der Waals surface area contributed by atoms with Crippen LogP contribution < -0.4 is 0 Å². The minimum absolute atomic E-state index is 0.207. The van der Waals surface area contributed by atoms with Crippen LogP contribution in [0.15, 0.2) is 0 Å². The highest BCUT2D eigenvalue weighted by Gasteiger charge is 2.43. The van der Waals surface area contributed by atoms with Crippen molar-refractivity contribution in [2.45, 2.75) is 49.1 Å². The van der Waals surface area contributed by atoms with Gasteiger partial charge in [0.25, 0.3) is 0 Å². The van der Waals surface area contributed by atoms with Gasteiger partial charge in [0.2, 0.25) is 0 Å². The number of aliphatic hydroxyl groups is 2. The van der Waals surface area contributed by atoms with E-state index in [0.717, 1.165) is 19.3 Å². The molecular formula is C10H19FO3S. The van der Waals surface area contributed by atoms with Crippen molar-refractivity contribution < 1.29 is 19.3 Å². The summed E-state index contributed by atoms with van der Waals surface area (Å²) >= 11 is 1.19. The van der Waals surface area contributed by atoms with Crippen molar-refractivity contribution in [3.8, 4) is 0 Å². The monoisotopic (exact) mass is 238 g/mol. The molecule has 0 bridgehead atoms. The van der Waals surface area contributed by atoms with Crippen LogP contribution in [0.25, 0.3) is 0 Å². The zero-order chi connectivity index (χ0) is 11.3. The van der Waals surface area contributed by atoms with Crippen molar-refractivity contribution in [2.75, 3.05) is 13.2 Å². The van der Waals surface area contributed by atoms with Crippen LogP contribution >= 0.6 is 11.8 Å². The maximum Gasteiger partial charge on any atom is 0.162 e. The molecule has 1 fully saturated rings. The second kappa shape index (κ2) is 6.68. The van der Waals surface area contributed by atoms with Gasteiger partial charge in [-0.1, -0.05) is 19.8 Å². The van der Waals surface area contributed by atoms with E-state index in [-0.39, 0.29) is 6.61 Å². The SMILES string of the molecule is CCCCCOC1S[C@H](CO)[C@@H](O)[C@@H]1F. The summed E-state index contributed by atoms with van der Waals surface area (Å²) in [6, 6.07) is 0. The number of hydrogen-bond acceptors (Lipinski definition) is 4. The fourth-order valence-electron chi connectivity index (χ4n) is 1.53. The summed E-state index contributed by atoms with van der Waals surface area (Å²) in [5, 5.41) is 17.8. The fourth-order valence-corrected chi connectivity index (χ4v) is 2.76. The van der Waals surface area contributed by atoms with Crippen LogP contribution in [-0.4, -0.2) is 46.4 Å². The number of thioether (sulfide) groups is 1. The predicted molar refractivity (Wildman–Crippen MR) is 58.6 cm³/mol. The zero-order valence-electron chi connectivity index (χ0n) is 8.93. The van der Waals surface area contributed by atoms with E-state index >= 15 is 0 Å². The van der Waals surface area contributed by atoms with Gasteiger partial charge >= 0.3 is 0 Å². The minimum atomic E-state index is -1.38. The molecule has 0 aromatic heterocycles. The summed E-state index contributed by atoms with van der Waals surface area (Å²) in [7, 11) is 0. The summed E-state index contributed by atoms with van der Waals surface area (Å²) in [5.41, 5.74) is -0.617. The van der Waals surface area contributed by atoms with Crippen LogP contribution in [0.4, 0.5) is 4.39 Å². The highest BCUT2D eigenvalue weighted by molar-refractivity contribution is 8.00. The van der Waals surface area contributed by atoms with Gasteiger partial charge in [0, 0.05) is 6.61 Å². The van der Waals surface area contributed by atoms with Crippen molar-refractivity contribution in [1.82, 2.24) is 0 Å². The van der Waals surface area contributed by atoms with Gasteiger partial charge in [-0.15, -0.1) is 11.8 Å². The third-order valence-electron chi connectivity index (χ3n) is 2.49. The van der Waals surface area contributed by atoms with Crippen molar-refractivity contribution in [2.24, 2.45) is 0 Å². The second-order valence-corrected chi connectivity index (χ2v) is 5.08. The third kappa shape index (κ3) is 3.59. The largest absolute Gasteiger partial charge is 0.395 e. The lowest BCUT2D eigenvalue weighted by molar-refractivity contribution is -0.000966. The molecule has 1 unspecified atom stereocenters. The van der Waals surface area contributed by atoms with Crippen LogP contribution in [0.5, 0.6) is 0 Å². The predicted octanol–water partition coefficient (Wildman–Crippen LogP) is 1.33. The quantitative estimate of drug-likeness (QED) is 0.685. The van der Waals surface area contributed by atoms with Gasteiger partial charge in [0.1, 0.15) is 11.5 Å². The Morgan fingerprint density at radius 3 is 2.67 bits per heavy atom. The molecule has 90 valence electrons. The Hall–Kier alpha value is 0.160. The van der Waals surface area contributed by atoms with Crippen LogP contribution in [0.2, 0.25) is 0 Å². The number of unbranched alkanes of at least 4 members (excludes halogenated alkanes) is 2. The molecule has 1 aliphatic rings. The molecular weight excluding hydrogens is 219 g/mol. The molecule has 0 saturated carbocycles. The van der Waals surface area contributed by atoms with Gasteiger partial charge in [-0.3, -0.25) is 0 Å². The van der Waals surface area contributed by atoms with Crippen molar-refractivity contribution in [3.05, 3.63) is 0 Å². The number of ether oxygens (including phenoxy) is 1. The zero-order valence-corrected chi connectivity index (χ0v) is 9.75. The molecule has 1 rings (SSSR count). The van der Waals surface area contributed by atoms with Crippen molar-refractivity contribution in [1.29, 1.82) is 0 Å². The first-order valence-corrected chi connectivity index (χ1v) is 6.35. The van der Waals surface area contributed by atoms with Crippen molar-refractivity contribution >= 4 is 11.8 Å². The smallest absolute Gasteiger partial charge is 0.162 e. The van der Waals surface area contributed by atoms with Gasteiger partial charge in [-0.05, 0) is 6.42 Å². The maximum absolute atomic E-state index is 13.4. The highest BCUT2D eigenvalue weighted by atomic mass is 32.2. The van der Waals surface area contributed by atoms with Gasteiger partial charge < -0.3 is 14.9 Å². The lowest BCUT2D eigenvalue weighted by Gasteiger charge is -2.13. The van der Waals surface area contributed by atoms with E-state index in [1.807, 2.05) is 0 Å². The molecule has 0 amide bonds. The first-order chi connectivity index (χ1) is 7.20. The van der Waals surface area contributed by atoms with E-state index in [0.29, 0.717) is 6.61 Å². The molecule has 1 saturated heterocycles. The van der Waals surface area contributed by atoms with Crippen LogP contribution in [0, 0.1) is 0 Å². The molecule has 0 aromatic rings. The van der Waals surface area contributed by atoms with Gasteiger partial charge in [0.15, 0.2) is 6.17 Å². The molecule has 0 aromatic carbocycles. The van der Waals surface area contributed by atoms with Gasteiger partial charge in [0.05, 0.1) is 11.9 Å². The Bertz CT molecular complexity index is 182. The number of alkyl halides is 1. The van der Waals surface area contributed by atoms with E-state index in [1.165, 1.54) is 11.8 Å². The van der Waals surface area contributed by atoms with E-state index in [1.54, 1.807) is 0 Å². The lowest BCUT2D eigenvalue weighted by Crippen LogP contribution is -2.31. The Kier molecular flexibility index (Phi) is 5.89. The summed E-state index contributed by atoms with van der Waals surface area (Å²) < 4.78 is 18.8. The lowest BCUT2D eigenvalue weighted by atomic mass is 10.2. The van der Waals surface area contributed by atoms with E-state index in [9.17, 15) is 9.50 Å². The normalized spacial score (nSPS) is 36.0. The molecule has 4 atom stereocenters. The van der Waals surface area contributed by atoms with E-state index in [4.69, 9.17) is 9.84 Å². The Labute approximate surface area is 94.0 Å². The number of aliphatic hydroxyl groups excluding tert-OH is 2. The number of halogens is 1. The first kappa shape index (κ1) is 13.2. The average Bonchev–Trinajstić information content (AvgIpc) is 2.52. The fraction of sp³-hybridized carbons (Fsp3) is 1.00. The summed E-state index contributed by atoms with van der Waals surface area (Å²) in [6.45, 7) is 2.41. The van der Waals surface area contributed by atoms with Gasteiger partial charge in [-0.2, -0.15) is 0 Å². The third-order valence-corrected chi connectivity index (χ3v) is 3.93. The molecule has 5 heteroatoms. The Morgan fingerprint density at radius 2 is 2.13 bits per heavy atom. The van der Waals surface area contributed by atoms with E-state index < -0.39 is 23.0 Å². The summed E-state index contributed by atoms with van der Waals surface area (Å²) in [5.74, 6) is 0. The molecule has 2 N–H and O–H groups in total. The standard InChI is InChI=1S/C10H19FO3S/c1-2-3-4-5-14-10-8(11)9(13)7(6-12)15-10/h7-10,12-13H,2-6H2,1H3/t7-,8+,9-,10?/m1/s1. The molecule has 0 radical (unpaired) electrons. The molecule has 15 heavy (non-hydrogen) atoms. The molecule has 0 aliphatic carbocycles. The highest BCUT2D eigenvalue weighted by Crippen LogP contribution is 2.36. The molecule has 0 spiro atoms. The topological polar surface area (TPSA) is 49.7 Å². The average molecular weight is 238 g/mol. The molecule has 3 nitrogen and oxygen atoms in total. The first-order valence-electron chi connectivity index (χ1n) is 5.40. The van der Waals surface area contributed by atoms with Crippen molar-refractivity contribution in [3.63, 3.8) is 0 Å². The molecule has 1 aliphatic heterocycles. The summed E-state index contributed by atoms with van der Waals surface area (Å²) in [6.07, 6.45) is 0.604. The minimum Gasteiger partial charge on any atom is -0.395 e. The summed E-state index contributed by atoms with van der Waals surface area (Å²) in [4.78, 5) is 0. The van der Waals surface area contributed by atoms with Crippen LogP contribution in [0.1, 0.15) is 26.2 Å². The second-order valence-electron chi connectivity index (χ2n) is 3.74. The molecule has 1 heterocycles. The number of rotatable bonds is 6. The van der Waals surface area contributed by atoms with E-state index in [2.05, 4.69) is 6.92 Å². The maximum atomic E-state index is 13.4. The van der Waals surface area contributed by atoms with Crippen LogP contribution in [0.3, 0.4) is 0 Å². The number of hydrogen-bond donors (Lipinski definition) is 2.